The van der Waals surface area contributed by atoms with Gasteiger partial charge in [-0.05, 0) is 37.1 Å². The van der Waals surface area contributed by atoms with Gasteiger partial charge in [-0.2, -0.15) is 10.4 Å². The molecule has 1 aromatic heterocycles. The maximum Gasteiger partial charge on any atom is 0.241 e. The first-order valence-electron chi connectivity index (χ1n) is 7.48. The quantitative estimate of drug-likeness (QED) is 0.867. The van der Waals surface area contributed by atoms with E-state index in [1.807, 2.05) is 6.07 Å². The van der Waals surface area contributed by atoms with E-state index in [0.29, 0.717) is 30.2 Å². The van der Waals surface area contributed by atoms with E-state index < -0.39 is 16.1 Å². The Balaban J connectivity index is 1.84. The van der Waals surface area contributed by atoms with Crippen LogP contribution >= 0.6 is 0 Å². The Morgan fingerprint density at radius 1 is 1.42 bits per heavy atom. The van der Waals surface area contributed by atoms with Gasteiger partial charge in [0, 0.05) is 13.7 Å². The molecule has 1 atom stereocenters. The molecule has 0 amide bonds. The number of methoxy groups -OCH3 is 1. The molecule has 0 aliphatic carbocycles. The van der Waals surface area contributed by atoms with E-state index in [1.165, 1.54) is 24.3 Å². The summed E-state index contributed by atoms with van der Waals surface area (Å²) in [4.78, 5) is 4.50. The first kappa shape index (κ1) is 16.6. The molecule has 0 spiro atoms. The molecule has 9 heteroatoms. The summed E-state index contributed by atoms with van der Waals surface area (Å²) >= 11 is 0. The van der Waals surface area contributed by atoms with Crippen LogP contribution in [-0.4, -0.2) is 30.3 Å². The zero-order valence-electron chi connectivity index (χ0n) is 13.1. The minimum atomic E-state index is -3.70. The van der Waals surface area contributed by atoms with Crippen molar-refractivity contribution in [2.45, 2.75) is 36.9 Å². The van der Waals surface area contributed by atoms with Crippen LogP contribution in [0.5, 0.6) is 0 Å². The van der Waals surface area contributed by atoms with Crippen LogP contribution in [0.4, 0.5) is 0 Å². The number of nitrogens with one attached hydrogen (secondary N) is 1. The molecule has 1 aliphatic rings. The predicted octanol–water partition coefficient (Wildman–Crippen LogP) is 1.11. The number of hydrogen-bond donors (Lipinski definition) is 1. The van der Waals surface area contributed by atoms with Gasteiger partial charge in [-0.25, -0.2) is 22.8 Å². The highest BCUT2D eigenvalue weighted by atomic mass is 32.2. The molecule has 0 saturated carbocycles. The van der Waals surface area contributed by atoms with Crippen LogP contribution in [0.1, 0.15) is 36.1 Å². The highest BCUT2D eigenvalue weighted by Gasteiger charge is 2.28. The molecule has 1 N–H and O–H groups in total. The van der Waals surface area contributed by atoms with Crippen molar-refractivity contribution < 1.29 is 13.2 Å². The number of nitriles is 1. The van der Waals surface area contributed by atoms with Gasteiger partial charge in [0.15, 0.2) is 5.82 Å². The lowest BCUT2D eigenvalue weighted by Crippen LogP contribution is -2.33. The molecule has 1 aliphatic heterocycles. The molecule has 2 heterocycles. The molecule has 1 aromatic carbocycles. The number of sulfonamides is 1. The van der Waals surface area contributed by atoms with Crippen molar-refractivity contribution in [3.05, 3.63) is 41.5 Å². The lowest BCUT2D eigenvalue weighted by Gasteiger charge is -2.22. The topological polar surface area (TPSA) is 110 Å². The van der Waals surface area contributed by atoms with Crippen LogP contribution in [-0.2, 0) is 27.9 Å². The largest absolute Gasteiger partial charge is 0.377 e. The lowest BCUT2D eigenvalue weighted by atomic mass is 10.1. The van der Waals surface area contributed by atoms with Gasteiger partial charge in [-0.15, -0.1) is 0 Å². The Morgan fingerprint density at radius 2 is 2.17 bits per heavy atom. The fourth-order valence-corrected chi connectivity index (χ4v) is 3.89. The molecule has 3 rings (SSSR count). The summed E-state index contributed by atoms with van der Waals surface area (Å²) in [7, 11) is -2.14. The third-order valence-corrected chi connectivity index (χ3v) is 5.27. The summed E-state index contributed by atoms with van der Waals surface area (Å²) < 4.78 is 34.6. The van der Waals surface area contributed by atoms with E-state index in [1.54, 1.807) is 11.8 Å². The molecule has 0 fully saturated rings. The molecule has 0 unspecified atom stereocenters. The van der Waals surface area contributed by atoms with Gasteiger partial charge in [0.25, 0.3) is 0 Å². The number of hydrogen-bond acceptors (Lipinski definition) is 6. The molecule has 2 aromatic rings. The lowest BCUT2D eigenvalue weighted by molar-refractivity contribution is 0.177. The minimum absolute atomic E-state index is 0.121. The van der Waals surface area contributed by atoms with Gasteiger partial charge in [-0.1, -0.05) is 0 Å². The standard InChI is InChI=1S/C15H17N5O3S/c1-23-10-14-17-15-13(3-2-8-20(15)18-14)19-24(21,22)12-6-4-11(9-16)5-7-12/h4-7,13,19H,2-3,8,10H2,1H3/t13-/m0/s1. The van der Waals surface area contributed by atoms with E-state index in [2.05, 4.69) is 14.8 Å². The molecular weight excluding hydrogens is 330 g/mol. The van der Waals surface area contributed by atoms with Gasteiger partial charge in [0.05, 0.1) is 22.6 Å². The number of aromatic nitrogens is 3. The van der Waals surface area contributed by atoms with E-state index in [9.17, 15) is 8.42 Å². The van der Waals surface area contributed by atoms with Gasteiger partial charge in [0.1, 0.15) is 12.4 Å². The first-order valence-corrected chi connectivity index (χ1v) is 8.97. The van der Waals surface area contributed by atoms with E-state index in [-0.39, 0.29) is 11.5 Å². The highest BCUT2D eigenvalue weighted by Crippen LogP contribution is 2.25. The smallest absolute Gasteiger partial charge is 0.241 e. The minimum Gasteiger partial charge on any atom is -0.377 e. The Labute approximate surface area is 140 Å². The van der Waals surface area contributed by atoms with Crippen LogP contribution in [0.3, 0.4) is 0 Å². The molecule has 8 nitrogen and oxygen atoms in total. The van der Waals surface area contributed by atoms with E-state index in [0.717, 1.165) is 6.42 Å². The van der Waals surface area contributed by atoms with Crippen molar-refractivity contribution in [1.29, 1.82) is 5.26 Å². The van der Waals surface area contributed by atoms with Gasteiger partial charge < -0.3 is 4.74 Å². The zero-order valence-corrected chi connectivity index (χ0v) is 14.0. The number of rotatable bonds is 5. The zero-order chi connectivity index (χ0) is 17.2. The van der Waals surface area contributed by atoms with Crippen molar-refractivity contribution in [2.75, 3.05) is 7.11 Å². The summed E-state index contributed by atoms with van der Waals surface area (Å²) in [5.74, 6) is 1.14. The average Bonchev–Trinajstić information content (AvgIpc) is 2.99. The SMILES string of the molecule is COCc1nc2n(n1)CCC[C@@H]2NS(=O)(=O)c1ccc(C#N)cc1. The van der Waals surface area contributed by atoms with Gasteiger partial charge in [0.2, 0.25) is 10.0 Å². The maximum atomic E-state index is 12.6. The summed E-state index contributed by atoms with van der Waals surface area (Å²) in [5, 5.41) is 13.1. The molecular formula is C15H17N5O3S. The second-order valence-corrected chi connectivity index (χ2v) is 7.21. The third-order valence-electron chi connectivity index (χ3n) is 3.78. The molecule has 126 valence electrons. The van der Waals surface area contributed by atoms with E-state index >= 15 is 0 Å². The summed E-state index contributed by atoms with van der Waals surface area (Å²) in [5.41, 5.74) is 0.413. The molecule has 0 saturated heterocycles. The maximum absolute atomic E-state index is 12.6. The van der Waals surface area contributed by atoms with Crippen molar-refractivity contribution in [1.82, 2.24) is 19.5 Å². The highest BCUT2D eigenvalue weighted by molar-refractivity contribution is 7.89. The normalized spacial score (nSPS) is 17.2. The number of fused-ring (bicyclic) bond motifs is 1. The second-order valence-electron chi connectivity index (χ2n) is 5.49. The third kappa shape index (κ3) is 3.31. The number of aryl methyl sites for hydroxylation is 1. The monoisotopic (exact) mass is 347 g/mol. The van der Waals surface area contributed by atoms with Crippen LogP contribution in [0, 0.1) is 11.3 Å². The summed E-state index contributed by atoms with van der Waals surface area (Å²) in [6, 6.07) is 7.34. The summed E-state index contributed by atoms with van der Waals surface area (Å²) in [6.45, 7) is 0.996. The fourth-order valence-electron chi connectivity index (χ4n) is 2.67. The number of nitrogens with zero attached hydrogens (tertiary/aromatic N) is 4. The van der Waals surface area contributed by atoms with Crippen molar-refractivity contribution >= 4 is 10.0 Å². The Morgan fingerprint density at radius 3 is 2.83 bits per heavy atom. The molecule has 0 radical (unpaired) electrons. The summed E-state index contributed by atoms with van der Waals surface area (Å²) in [6.07, 6.45) is 1.46. The van der Waals surface area contributed by atoms with Gasteiger partial charge in [-0.3, -0.25) is 0 Å². The first-order chi connectivity index (χ1) is 11.5. The van der Waals surface area contributed by atoms with Crippen LogP contribution < -0.4 is 4.72 Å². The second kappa shape index (κ2) is 6.68. The Hall–Kier alpha value is -2.28. The Bertz CT molecular complexity index is 868. The molecule has 0 bridgehead atoms. The van der Waals surface area contributed by atoms with Crippen LogP contribution in [0.15, 0.2) is 29.2 Å². The number of benzene rings is 1. The fraction of sp³-hybridized carbons (Fsp3) is 0.400. The van der Waals surface area contributed by atoms with Crippen molar-refractivity contribution in [3.63, 3.8) is 0 Å². The van der Waals surface area contributed by atoms with E-state index in [4.69, 9.17) is 10.00 Å². The van der Waals surface area contributed by atoms with Crippen LogP contribution in [0.25, 0.3) is 0 Å². The predicted molar refractivity (Wildman–Crippen MR) is 84.2 cm³/mol. The molecule has 24 heavy (non-hydrogen) atoms. The average molecular weight is 347 g/mol. The van der Waals surface area contributed by atoms with Crippen LogP contribution in [0.2, 0.25) is 0 Å². The van der Waals surface area contributed by atoms with Crippen molar-refractivity contribution in [3.8, 4) is 6.07 Å². The number of ether oxygens (including phenoxy) is 1. The Kier molecular flexibility index (Phi) is 4.62. The van der Waals surface area contributed by atoms with Gasteiger partial charge >= 0.3 is 0 Å². The van der Waals surface area contributed by atoms with Crippen molar-refractivity contribution in [2.24, 2.45) is 0 Å².